The van der Waals surface area contributed by atoms with Gasteiger partial charge in [0.05, 0.1) is 13.0 Å². The highest BCUT2D eigenvalue weighted by molar-refractivity contribution is 6.07. The summed E-state index contributed by atoms with van der Waals surface area (Å²) in [6.45, 7) is 0. The van der Waals surface area contributed by atoms with Crippen LogP contribution in [-0.2, 0) is 0 Å². The van der Waals surface area contributed by atoms with Gasteiger partial charge in [-0.1, -0.05) is 66.7 Å². The van der Waals surface area contributed by atoms with Gasteiger partial charge in [-0.25, -0.2) is 0 Å². The number of hydrogen-bond acceptors (Lipinski definition) is 2. The summed E-state index contributed by atoms with van der Waals surface area (Å²) >= 11 is 0. The molecule has 0 fully saturated rings. The molecule has 0 aromatic heterocycles. The van der Waals surface area contributed by atoms with Gasteiger partial charge in [-0.3, -0.25) is 4.79 Å². The molecular formula is C22H18O2. The molecule has 0 saturated heterocycles. The van der Waals surface area contributed by atoms with Crippen molar-refractivity contribution >= 4 is 5.78 Å². The molecular weight excluding hydrogens is 296 g/mol. The van der Waals surface area contributed by atoms with Crippen molar-refractivity contribution in [2.45, 2.75) is 11.8 Å². The van der Waals surface area contributed by atoms with Crippen LogP contribution in [0.3, 0.4) is 0 Å². The van der Waals surface area contributed by atoms with Gasteiger partial charge < -0.3 is 4.74 Å². The minimum atomic E-state index is -0.185. The molecule has 1 aliphatic carbocycles. The fourth-order valence-electron chi connectivity index (χ4n) is 3.68. The molecule has 4 rings (SSSR count). The lowest BCUT2D eigenvalue weighted by molar-refractivity contribution is 0.0968. The SMILES string of the molecule is COc1ccc([C@H]2C(=O)c3ccccc3[C@@H]2c2ccccc2)cc1. The third kappa shape index (κ3) is 2.31. The van der Waals surface area contributed by atoms with Crippen LogP contribution in [-0.4, -0.2) is 12.9 Å². The molecule has 3 aromatic rings. The minimum absolute atomic E-state index is 0.0586. The number of fused-ring (bicyclic) bond motifs is 1. The van der Waals surface area contributed by atoms with Crippen molar-refractivity contribution in [2.75, 3.05) is 7.11 Å². The fraction of sp³-hybridized carbons (Fsp3) is 0.136. The molecule has 2 atom stereocenters. The number of methoxy groups -OCH3 is 1. The summed E-state index contributed by atoms with van der Waals surface area (Å²) in [5, 5.41) is 0. The van der Waals surface area contributed by atoms with E-state index in [0.29, 0.717) is 0 Å². The van der Waals surface area contributed by atoms with E-state index in [9.17, 15) is 4.79 Å². The predicted octanol–water partition coefficient (Wildman–Crippen LogP) is 4.81. The molecule has 0 saturated carbocycles. The lowest BCUT2D eigenvalue weighted by Gasteiger charge is -2.20. The highest BCUT2D eigenvalue weighted by Crippen LogP contribution is 2.47. The van der Waals surface area contributed by atoms with Gasteiger partial charge in [-0.2, -0.15) is 0 Å². The second kappa shape index (κ2) is 5.97. The first-order chi connectivity index (χ1) is 11.8. The largest absolute Gasteiger partial charge is 0.497 e. The van der Waals surface area contributed by atoms with E-state index in [1.165, 1.54) is 5.56 Å². The predicted molar refractivity (Wildman–Crippen MR) is 94.8 cm³/mol. The average molecular weight is 314 g/mol. The normalized spacial score (nSPS) is 19.1. The maximum atomic E-state index is 13.1. The van der Waals surface area contributed by atoms with Crippen LogP contribution < -0.4 is 4.74 Å². The maximum Gasteiger partial charge on any atom is 0.171 e. The van der Waals surface area contributed by atoms with Gasteiger partial charge in [0.15, 0.2) is 5.78 Å². The Morgan fingerprint density at radius 1 is 0.708 bits per heavy atom. The first-order valence-electron chi connectivity index (χ1n) is 8.11. The summed E-state index contributed by atoms with van der Waals surface area (Å²) in [5.74, 6) is 0.876. The molecule has 2 heteroatoms. The van der Waals surface area contributed by atoms with Gasteiger partial charge >= 0.3 is 0 Å². The Bertz CT molecular complexity index is 866. The van der Waals surface area contributed by atoms with Crippen LogP contribution in [0.5, 0.6) is 5.75 Å². The molecule has 2 nitrogen and oxygen atoms in total. The summed E-state index contributed by atoms with van der Waals surface area (Å²) < 4.78 is 5.25. The summed E-state index contributed by atoms with van der Waals surface area (Å²) in [6.07, 6.45) is 0. The van der Waals surface area contributed by atoms with Gasteiger partial charge in [0.2, 0.25) is 0 Å². The number of rotatable bonds is 3. The molecule has 1 aliphatic rings. The second-order valence-electron chi connectivity index (χ2n) is 6.09. The van der Waals surface area contributed by atoms with Crippen molar-refractivity contribution in [1.82, 2.24) is 0 Å². The van der Waals surface area contributed by atoms with E-state index in [1.807, 2.05) is 60.7 Å². The van der Waals surface area contributed by atoms with Gasteiger partial charge in [0.25, 0.3) is 0 Å². The third-order valence-electron chi connectivity index (χ3n) is 4.81. The molecule has 0 N–H and O–H groups in total. The second-order valence-corrected chi connectivity index (χ2v) is 6.09. The van der Waals surface area contributed by atoms with Crippen LogP contribution in [0.15, 0.2) is 78.9 Å². The number of ketones is 1. The summed E-state index contributed by atoms with van der Waals surface area (Å²) in [5.41, 5.74) is 4.17. The van der Waals surface area contributed by atoms with E-state index in [4.69, 9.17) is 4.74 Å². The number of hydrogen-bond donors (Lipinski definition) is 0. The Hall–Kier alpha value is -2.87. The van der Waals surface area contributed by atoms with Crippen LogP contribution in [0.2, 0.25) is 0 Å². The zero-order valence-electron chi connectivity index (χ0n) is 13.5. The van der Waals surface area contributed by atoms with Crippen molar-refractivity contribution in [2.24, 2.45) is 0 Å². The number of carbonyl (C=O) groups is 1. The third-order valence-corrected chi connectivity index (χ3v) is 4.81. The lowest BCUT2D eigenvalue weighted by atomic mass is 9.81. The van der Waals surface area contributed by atoms with Crippen LogP contribution in [0.4, 0.5) is 0 Å². The highest BCUT2D eigenvalue weighted by Gasteiger charge is 2.41. The van der Waals surface area contributed by atoms with E-state index in [-0.39, 0.29) is 17.6 Å². The van der Waals surface area contributed by atoms with Crippen molar-refractivity contribution in [3.05, 3.63) is 101 Å². The molecule has 0 bridgehead atoms. The number of carbonyl (C=O) groups excluding carboxylic acids is 1. The van der Waals surface area contributed by atoms with Crippen molar-refractivity contribution in [3.63, 3.8) is 0 Å². The number of benzene rings is 3. The molecule has 0 heterocycles. The Kier molecular flexibility index (Phi) is 3.66. The maximum absolute atomic E-state index is 13.1. The van der Waals surface area contributed by atoms with Crippen molar-refractivity contribution < 1.29 is 9.53 Å². The molecule has 0 amide bonds. The standard InChI is InChI=1S/C22H18O2/c1-24-17-13-11-16(12-14-17)21-20(15-7-3-2-4-8-15)18-9-5-6-10-19(18)22(21)23/h2-14,20-21H,1H3/t20-,21+/m0/s1. The van der Waals surface area contributed by atoms with Gasteiger partial charge in [0, 0.05) is 11.5 Å². The first-order valence-corrected chi connectivity index (χ1v) is 8.11. The fourth-order valence-corrected chi connectivity index (χ4v) is 3.68. The smallest absolute Gasteiger partial charge is 0.171 e. The number of Topliss-reactive ketones (excluding diaryl/α,β-unsaturated/α-hetero) is 1. The van der Waals surface area contributed by atoms with Gasteiger partial charge in [-0.05, 0) is 28.8 Å². The van der Waals surface area contributed by atoms with Crippen LogP contribution >= 0.6 is 0 Å². The first kappa shape index (κ1) is 14.7. The van der Waals surface area contributed by atoms with E-state index in [0.717, 1.165) is 22.4 Å². The molecule has 24 heavy (non-hydrogen) atoms. The minimum Gasteiger partial charge on any atom is -0.497 e. The highest BCUT2D eigenvalue weighted by atomic mass is 16.5. The summed E-state index contributed by atoms with van der Waals surface area (Å²) in [6, 6.07) is 26.1. The van der Waals surface area contributed by atoms with Crippen LogP contribution in [0.1, 0.15) is 38.9 Å². The van der Waals surface area contributed by atoms with E-state index in [1.54, 1.807) is 7.11 Å². The van der Waals surface area contributed by atoms with E-state index >= 15 is 0 Å². The Morgan fingerprint density at radius 3 is 2.04 bits per heavy atom. The topological polar surface area (TPSA) is 26.3 Å². The van der Waals surface area contributed by atoms with E-state index < -0.39 is 0 Å². The van der Waals surface area contributed by atoms with Gasteiger partial charge in [0.1, 0.15) is 5.75 Å². The Labute approximate surface area is 141 Å². The lowest BCUT2D eigenvalue weighted by Crippen LogP contribution is -2.13. The van der Waals surface area contributed by atoms with Crippen LogP contribution in [0, 0.1) is 0 Å². The molecule has 118 valence electrons. The van der Waals surface area contributed by atoms with Crippen LogP contribution in [0.25, 0.3) is 0 Å². The molecule has 0 unspecified atom stereocenters. The molecule has 3 aromatic carbocycles. The summed E-state index contributed by atoms with van der Waals surface area (Å²) in [4.78, 5) is 13.1. The van der Waals surface area contributed by atoms with Gasteiger partial charge in [-0.15, -0.1) is 0 Å². The zero-order valence-corrected chi connectivity index (χ0v) is 13.5. The average Bonchev–Trinajstić information content (AvgIpc) is 2.95. The monoisotopic (exact) mass is 314 g/mol. The van der Waals surface area contributed by atoms with Crippen molar-refractivity contribution in [3.8, 4) is 5.75 Å². The van der Waals surface area contributed by atoms with E-state index in [2.05, 4.69) is 18.2 Å². The zero-order chi connectivity index (χ0) is 16.5. The molecule has 0 aliphatic heterocycles. The Morgan fingerprint density at radius 2 is 1.33 bits per heavy atom. The molecule has 0 radical (unpaired) electrons. The summed E-state index contributed by atoms with van der Waals surface area (Å²) in [7, 11) is 1.65. The number of ether oxygens (including phenoxy) is 1. The molecule has 0 spiro atoms. The quantitative estimate of drug-likeness (QED) is 0.693. The Balaban J connectivity index is 1.86. The van der Waals surface area contributed by atoms with Crippen molar-refractivity contribution in [1.29, 1.82) is 0 Å².